The number of fused-ring (bicyclic) bond motifs is 1. The molecule has 2 bridgehead atoms. The molecule has 0 aliphatic carbocycles. The Morgan fingerprint density at radius 1 is 1.26 bits per heavy atom. The molecule has 3 N–H and O–H groups in total. The molecule has 0 saturated carbocycles. The first-order valence-electron chi connectivity index (χ1n) is 10.6. The van der Waals surface area contributed by atoms with Gasteiger partial charge in [-0.3, -0.25) is 14.4 Å². The summed E-state index contributed by atoms with van der Waals surface area (Å²) in [6.07, 6.45) is -0.0767. The van der Waals surface area contributed by atoms with Crippen molar-refractivity contribution in [3.63, 3.8) is 0 Å². The molecule has 31 heavy (non-hydrogen) atoms. The number of amides is 3. The smallest absolute Gasteiger partial charge is 0.246 e. The first kappa shape index (κ1) is 22.2. The van der Waals surface area contributed by atoms with Gasteiger partial charge < -0.3 is 25.4 Å². The van der Waals surface area contributed by atoms with Crippen molar-refractivity contribution < 1.29 is 24.2 Å². The number of benzene rings is 1. The highest BCUT2D eigenvalue weighted by Gasteiger charge is 2.76. The van der Waals surface area contributed by atoms with E-state index in [1.165, 1.54) is 4.90 Å². The summed E-state index contributed by atoms with van der Waals surface area (Å²) in [6, 6.07) is 7.44. The highest BCUT2D eigenvalue weighted by molar-refractivity contribution is 9.09. The third kappa shape index (κ3) is 3.47. The van der Waals surface area contributed by atoms with Gasteiger partial charge in [0.2, 0.25) is 17.7 Å². The quantitative estimate of drug-likeness (QED) is 0.517. The Balaban J connectivity index is 1.72. The van der Waals surface area contributed by atoms with Crippen LogP contribution >= 0.6 is 15.9 Å². The highest BCUT2D eigenvalue weighted by Crippen LogP contribution is 2.60. The van der Waals surface area contributed by atoms with Gasteiger partial charge in [0, 0.05) is 16.6 Å². The fraction of sp³-hybridized carbons (Fsp3) is 0.591. The van der Waals surface area contributed by atoms with E-state index in [4.69, 9.17) is 4.74 Å². The van der Waals surface area contributed by atoms with Crippen molar-refractivity contribution in [1.82, 2.24) is 10.2 Å². The number of aliphatic hydroxyl groups is 1. The predicted molar refractivity (Wildman–Crippen MR) is 117 cm³/mol. The topological polar surface area (TPSA) is 108 Å². The van der Waals surface area contributed by atoms with Gasteiger partial charge in [-0.25, -0.2) is 0 Å². The first-order valence-corrected chi connectivity index (χ1v) is 11.5. The van der Waals surface area contributed by atoms with Gasteiger partial charge in [-0.05, 0) is 39.3 Å². The Morgan fingerprint density at radius 2 is 1.94 bits per heavy atom. The summed E-state index contributed by atoms with van der Waals surface area (Å²) in [7, 11) is 0. The van der Waals surface area contributed by atoms with Gasteiger partial charge >= 0.3 is 0 Å². The molecular formula is C22H28BrN3O5. The van der Waals surface area contributed by atoms with Crippen LogP contribution in [-0.4, -0.2) is 69.0 Å². The van der Waals surface area contributed by atoms with Crippen molar-refractivity contribution in [2.24, 2.45) is 11.8 Å². The lowest BCUT2D eigenvalue weighted by Crippen LogP contribution is -2.58. The van der Waals surface area contributed by atoms with Crippen LogP contribution in [0.1, 0.15) is 27.2 Å². The molecule has 3 fully saturated rings. The molecule has 3 aliphatic rings. The molecule has 9 heteroatoms. The fourth-order valence-corrected chi connectivity index (χ4v) is 6.28. The van der Waals surface area contributed by atoms with Crippen LogP contribution < -0.4 is 10.6 Å². The molecule has 1 spiro atoms. The van der Waals surface area contributed by atoms with E-state index in [9.17, 15) is 19.5 Å². The number of nitrogens with one attached hydrogen (secondary N) is 2. The maximum Gasteiger partial charge on any atom is 0.246 e. The van der Waals surface area contributed by atoms with Crippen molar-refractivity contribution in [2.45, 2.75) is 61.8 Å². The normalized spacial score (nSPS) is 34.7. The van der Waals surface area contributed by atoms with Gasteiger partial charge in [0.05, 0.1) is 30.6 Å². The molecule has 8 nitrogen and oxygen atoms in total. The van der Waals surface area contributed by atoms with Gasteiger partial charge in [0.15, 0.2) is 0 Å². The van der Waals surface area contributed by atoms with Crippen molar-refractivity contribution in [1.29, 1.82) is 0 Å². The minimum atomic E-state index is -1.11. The van der Waals surface area contributed by atoms with Crippen LogP contribution in [0.3, 0.4) is 0 Å². The number of aliphatic hydroxyl groups excluding tert-OH is 1. The number of hydrogen-bond donors (Lipinski definition) is 3. The molecule has 3 saturated heterocycles. The lowest BCUT2D eigenvalue weighted by Gasteiger charge is -2.36. The minimum Gasteiger partial charge on any atom is -0.394 e. The van der Waals surface area contributed by atoms with E-state index in [1.54, 1.807) is 19.1 Å². The van der Waals surface area contributed by atoms with Crippen LogP contribution in [0, 0.1) is 11.8 Å². The van der Waals surface area contributed by atoms with E-state index in [-0.39, 0.29) is 35.2 Å². The number of carbonyl (C=O) groups is 3. The average molecular weight is 494 g/mol. The number of rotatable bonds is 6. The monoisotopic (exact) mass is 493 g/mol. The van der Waals surface area contributed by atoms with E-state index < -0.39 is 35.6 Å². The molecule has 0 radical (unpaired) electrons. The second-order valence-corrected chi connectivity index (χ2v) is 10.1. The number of para-hydroxylation sites is 1. The number of halogens is 1. The molecule has 1 aromatic rings. The molecule has 168 valence electrons. The summed E-state index contributed by atoms with van der Waals surface area (Å²) in [5.41, 5.74) is -0.479. The third-order valence-corrected chi connectivity index (χ3v) is 7.33. The third-order valence-electron chi connectivity index (χ3n) is 6.49. The summed E-state index contributed by atoms with van der Waals surface area (Å²) in [4.78, 5) is 41.4. The summed E-state index contributed by atoms with van der Waals surface area (Å²) in [6.45, 7) is 5.10. The standard InChI is InChI=1S/C22H28BrN3O5/c1-11(2)24-20(29)18-22-9-14(23)17(31-22)15(16(22)21(30)26(18)12(3)10-27)19(28)25-13-7-5-4-6-8-13/h4-8,11-12,14-18,27H,9-10H2,1-3H3,(H,24,29)(H,25,28)/t12-,14?,15-,16+,17-,18?,22?/m1/s1. The Kier molecular flexibility index (Phi) is 5.87. The van der Waals surface area contributed by atoms with Crippen LogP contribution in [0.4, 0.5) is 5.69 Å². The van der Waals surface area contributed by atoms with Crippen molar-refractivity contribution >= 4 is 39.3 Å². The zero-order valence-electron chi connectivity index (χ0n) is 17.7. The molecular weight excluding hydrogens is 466 g/mol. The van der Waals surface area contributed by atoms with E-state index in [0.717, 1.165) is 0 Å². The van der Waals surface area contributed by atoms with Crippen LogP contribution in [-0.2, 0) is 19.1 Å². The molecule has 3 aliphatic heterocycles. The van der Waals surface area contributed by atoms with Crippen LogP contribution in [0.5, 0.6) is 0 Å². The molecule has 0 aromatic heterocycles. The van der Waals surface area contributed by atoms with E-state index in [2.05, 4.69) is 26.6 Å². The van der Waals surface area contributed by atoms with Crippen molar-refractivity contribution in [3.05, 3.63) is 30.3 Å². The zero-order chi connectivity index (χ0) is 22.5. The Hall–Kier alpha value is -1.97. The number of alkyl halides is 1. The Morgan fingerprint density at radius 3 is 2.55 bits per heavy atom. The number of ether oxygens (including phenoxy) is 1. The van der Waals surface area contributed by atoms with E-state index >= 15 is 0 Å². The second-order valence-electron chi connectivity index (χ2n) is 8.96. The van der Waals surface area contributed by atoms with E-state index in [1.807, 2.05) is 32.0 Å². The van der Waals surface area contributed by atoms with Gasteiger partial charge in [-0.15, -0.1) is 0 Å². The molecule has 3 unspecified atom stereocenters. The predicted octanol–water partition coefficient (Wildman–Crippen LogP) is 1.28. The number of likely N-dealkylation sites (tertiary alicyclic amines) is 1. The van der Waals surface area contributed by atoms with Gasteiger partial charge in [-0.2, -0.15) is 0 Å². The Labute approximate surface area is 189 Å². The summed E-state index contributed by atoms with van der Waals surface area (Å²) in [5, 5.41) is 15.6. The summed E-state index contributed by atoms with van der Waals surface area (Å²) < 4.78 is 6.37. The van der Waals surface area contributed by atoms with Gasteiger partial charge in [-0.1, -0.05) is 34.1 Å². The molecule has 1 aromatic carbocycles. The zero-order valence-corrected chi connectivity index (χ0v) is 19.3. The largest absolute Gasteiger partial charge is 0.394 e. The molecule has 3 amide bonds. The minimum absolute atomic E-state index is 0.125. The van der Waals surface area contributed by atoms with Crippen molar-refractivity contribution in [2.75, 3.05) is 11.9 Å². The van der Waals surface area contributed by atoms with Gasteiger partial charge in [0.1, 0.15) is 11.6 Å². The lowest BCUT2D eigenvalue weighted by atomic mass is 9.70. The fourth-order valence-electron chi connectivity index (χ4n) is 5.34. The average Bonchev–Trinajstić information content (AvgIpc) is 3.31. The molecule has 4 rings (SSSR count). The van der Waals surface area contributed by atoms with Crippen LogP contribution in [0.15, 0.2) is 30.3 Å². The maximum absolute atomic E-state index is 13.6. The second kappa shape index (κ2) is 8.18. The summed E-state index contributed by atoms with van der Waals surface area (Å²) >= 11 is 3.63. The lowest BCUT2D eigenvalue weighted by molar-refractivity contribution is -0.144. The molecule has 3 heterocycles. The van der Waals surface area contributed by atoms with Crippen molar-refractivity contribution in [3.8, 4) is 0 Å². The first-order chi connectivity index (χ1) is 14.7. The number of carbonyl (C=O) groups excluding carboxylic acids is 3. The maximum atomic E-state index is 13.6. The highest BCUT2D eigenvalue weighted by atomic mass is 79.9. The SMILES string of the molecule is CC(C)NC(=O)C1N([C@H](C)CO)C(=O)[C@@H]2[C@@H](C(=O)Nc3ccccc3)[C@@H]3OC12CC3Br. The van der Waals surface area contributed by atoms with E-state index in [0.29, 0.717) is 12.1 Å². The van der Waals surface area contributed by atoms with Crippen LogP contribution in [0.2, 0.25) is 0 Å². The number of nitrogens with zero attached hydrogens (tertiary/aromatic N) is 1. The molecule has 7 atom stereocenters. The Bertz CT molecular complexity index is 881. The number of anilines is 1. The van der Waals surface area contributed by atoms with Crippen LogP contribution in [0.25, 0.3) is 0 Å². The van der Waals surface area contributed by atoms with Gasteiger partial charge in [0.25, 0.3) is 0 Å². The summed E-state index contributed by atoms with van der Waals surface area (Å²) in [5.74, 6) is -2.47. The number of hydrogen-bond acceptors (Lipinski definition) is 5.